The van der Waals surface area contributed by atoms with E-state index in [1.54, 1.807) is 0 Å². The lowest BCUT2D eigenvalue weighted by molar-refractivity contribution is -0.133. The number of amides is 1. The van der Waals surface area contributed by atoms with E-state index < -0.39 is 0 Å². The van der Waals surface area contributed by atoms with E-state index in [4.69, 9.17) is 11.6 Å². The zero-order chi connectivity index (χ0) is 19.6. The number of fused-ring (bicyclic) bond motifs is 1. The fourth-order valence-corrected chi connectivity index (χ4v) is 4.60. The van der Waals surface area contributed by atoms with E-state index in [1.165, 1.54) is 16.8 Å². The van der Waals surface area contributed by atoms with E-state index in [0.717, 1.165) is 44.0 Å². The lowest BCUT2D eigenvalue weighted by Crippen LogP contribution is -2.53. The number of hydrogen-bond donors (Lipinski definition) is 1. The number of likely N-dealkylation sites (tertiary alicyclic amines) is 1. The van der Waals surface area contributed by atoms with Gasteiger partial charge in [-0.25, -0.2) is 0 Å². The summed E-state index contributed by atoms with van der Waals surface area (Å²) in [6.45, 7) is 6.28. The van der Waals surface area contributed by atoms with Gasteiger partial charge in [0.05, 0.1) is 0 Å². The minimum atomic E-state index is -0.169. The summed E-state index contributed by atoms with van der Waals surface area (Å²) in [7, 11) is 0. The predicted molar refractivity (Wildman–Crippen MR) is 114 cm³/mol. The molecule has 0 atom stereocenters. The van der Waals surface area contributed by atoms with Gasteiger partial charge in [-0.3, -0.25) is 9.69 Å². The number of carbonyl (C=O) groups is 1. The van der Waals surface area contributed by atoms with Crippen LogP contribution in [0.4, 0.5) is 5.69 Å². The van der Waals surface area contributed by atoms with E-state index >= 15 is 0 Å². The van der Waals surface area contributed by atoms with Crippen molar-refractivity contribution in [2.24, 2.45) is 0 Å². The lowest BCUT2D eigenvalue weighted by Gasteiger charge is -2.45. The van der Waals surface area contributed by atoms with Crippen LogP contribution in [0.1, 0.15) is 37.3 Å². The number of piperidine rings is 1. The van der Waals surface area contributed by atoms with E-state index in [2.05, 4.69) is 47.5 Å². The number of nitrogens with one attached hydrogen (secondary N) is 1. The number of benzene rings is 2. The summed E-state index contributed by atoms with van der Waals surface area (Å²) in [5, 5.41) is 4.61. The Bertz CT molecular complexity index is 845. The van der Waals surface area contributed by atoms with Gasteiger partial charge in [0, 0.05) is 55.4 Å². The third-order valence-electron chi connectivity index (χ3n) is 6.17. The van der Waals surface area contributed by atoms with Crippen molar-refractivity contribution in [3.05, 3.63) is 64.7 Å². The summed E-state index contributed by atoms with van der Waals surface area (Å²) in [4.78, 5) is 17.4. The van der Waals surface area contributed by atoms with Crippen molar-refractivity contribution in [3.63, 3.8) is 0 Å². The first-order valence-electron chi connectivity index (χ1n) is 10.2. The normalized spacial score (nSPS) is 19.6. The zero-order valence-corrected chi connectivity index (χ0v) is 17.2. The molecule has 0 aromatic heterocycles. The summed E-state index contributed by atoms with van der Waals surface area (Å²) in [6, 6.07) is 16.5. The summed E-state index contributed by atoms with van der Waals surface area (Å²) >= 11 is 6.34. The Balaban J connectivity index is 1.52. The van der Waals surface area contributed by atoms with Crippen molar-refractivity contribution in [3.8, 4) is 0 Å². The Hall–Kier alpha value is -2.04. The monoisotopic (exact) mass is 397 g/mol. The third kappa shape index (κ3) is 4.03. The Morgan fingerprint density at radius 3 is 2.54 bits per heavy atom. The molecule has 0 radical (unpaired) electrons. The maximum atomic E-state index is 13.0. The number of anilines is 1. The topological polar surface area (TPSA) is 35.6 Å². The molecule has 2 heterocycles. The highest BCUT2D eigenvalue weighted by Gasteiger charge is 2.39. The van der Waals surface area contributed by atoms with Gasteiger partial charge in [-0.15, -0.1) is 0 Å². The van der Waals surface area contributed by atoms with E-state index in [1.807, 2.05) is 23.1 Å². The highest BCUT2D eigenvalue weighted by molar-refractivity contribution is 6.31. The van der Waals surface area contributed by atoms with Gasteiger partial charge in [-0.1, -0.05) is 48.0 Å². The molecule has 1 N–H and O–H groups in total. The number of carbonyl (C=O) groups excluding carboxylic acids is 1. The molecule has 2 aliphatic rings. The average molecular weight is 398 g/mol. The molecule has 1 fully saturated rings. The third-order valence-corrected chi connectivity index (χ3v) is 6.54. The molecular formula is C23H28ClN3O. The molecule has 0 saturated carbocycles. The van der Waals surface area contributed by atoms with Crippen molar-refractivity contribution in [2.75, 3.05) is 25.0 Å². The Morgan fingerprint density at radius 1 is 1.07 bits per heavy atom. The van der Waals surface area contributed by atoms with Gasteiger partial charge in [0.25, 0.3) is 0 Å². The zero-order valence-electron chi connectivity index (χ0n) is 16.5. The molecule has 1 spiro atoms. The number of rotatable bonds is 3. The molecule has 0 bridgehead atoms. The van der Waals surface area contributed by atoms with E-state index in [-0.39, 0.29) is 11.4 Å². The molecule has 28 heavy (non-hydrogen) atoms. The number of para-hydroxylation sites is 1. The summed E-state index contributed by atoms with van der Waals surface area (Å²) in [5.41, 5.74) is 3.38. The Kier molecular flexibility index (Phi) is 5.61. The van der Waals surface area contributed by atoms with Gasteiger partial charge in [-0.05, 0) is 43.0 Å². The van der Waals surface area contributed by atoms with Crippen molar-refractivity contribution in [1.29, 1.82) is 0 Å². The lowest BCUT2D eigenvalue weighted by atomic mass is 9.82. The van der Waals surface area contributed by atoms with Crippen LogP contribution in [-0.4, -0.2) is 40.9 Å². The molecule has 4 rings (SSSR count). The van der Waals surface area contributed by atoms with Crippen LogP contribution in [0.3, 0.4) is 0 Å². The van der Waals surface area contributed by atoms with Crippen molar-refractivity contribution in [1.82, 2.24) is 9.80 Å². The molecule has 0 aliphatic carbocycles. The van der Waals surface area contributed by atoms with Crippen molar-refractivity contribution >= 4 is 23.2 Å². The fraction of sp³-hybridized carbons (Fsp3) is 0.435. The van der Waals surface area contributed by atoms with Crippen LogP contribution in [0.2, 0.25) is 5.02 Å². The maximum absolute atomic E-state index is 13.0. The highest BCUT2D eigenvalue weighted by atomic mass is 35.5. The summed E-state index contributed by atoms with van der Waals surface area (Å²) in [5.74, 6) is 0.254. The maximum Gasteiger partial charge on any atom is 0.225 e. The second-order valence-electron chi connectivity index (χ2n) is 8.01. The fourth-order valence-electron chi connectivity index (χ4n) is 4.40. The smallest absolute Gasteiger partial charge is 0.225 e. The largest absolute Gasteiger partial charge is 0.379 e. The average Bonchev–Trinajstić information content (AvgIpc) is 2.69. The molecule has 0 unspecified atom stereocenters. The second kappa shape index (κ2) is 8.14. The highest BCUT2D eigenvalue weighted by Crippen LogP contribution is 2.35. The summed E-state index contributed by atoms with van der Waals surface area (Å²) in [6.07, 6.45) is 2.47. The second-order valence-corrected chi connectivity index (χ2v) is 8.42. The molecule has 1 saturated heterocycles. The molecule has 2 aliphatic heterocycles. The molecule has 5 heteroatoms. The number of hydrogen-bond acceptors (Lipinski definition) is 3. The van der Waals surface area contributed by atoms with Gasteiger partial charge in [0.2, 0.25) is 5.91 Å². The minimum Gasteiger partial charge on any atom is -0.379 e. The minimum absolute atomic E-state index is 0.169. The first-order valence-corrected chi connectivity index (χ1v) is 10.6. The quantitative estimate of drug-likeness (QED) is 0.825. The van der Waals surface area contributed by atoms with Crippen molar-refractivity contribution < 1.29 is 4.79 Å². The predicted octanol–water partition coefficient (Wildman–Crippen LogP) is 4.54. The molecule has 1 amide bonds. The van der Waals surface area contributed by atoms with Gasteiger partial charge < -0.3 is 10.2 Å². The molecular weight excluding hydrogens is 370 g/mol. The number of nitrogens with zero attached hydrogens (tertiary/aromatic N) is 2. The van der Waals surface area contributed by atoms with Crippen LogP contribution in [0, 0.1) is 0 Å². The molecule has 2 aromatic carbocycles. The van der Waals surface area contributed by atoms with Crippen LogP contribution in [0.15, 0.2) is 48.5 Å². The van der Waals surface area contributed by atoms with Gasteiger partial charge in [0.15, 0.2) is 0 Å². The van der Waals surface area contributed by atoms with Crippen LogP contribution in [-0.2, 0) is 17.9 Å². The van der Waals surface area contributed by atoms with Gasteiger partial charge in [0.1, 0.15) is 0 Å². The van der Waals surface area contributed by atoms with E-state index in [9.17, 15) is 4.79 Å². The van der Waals surface area contributed by atoms with Crippen LogP contribution in [0.25, 0.3) is 0 Å². The van der Waals surface area contributed by atoms with Gasteiger partial charge in [-0.2, -0.15) is 0 Å². The van der Waals surface area contributed by atoms with Crippen LogP contribution < -0.4 is 5.32 Å². The number of halogens is 1. The molecule has 4 nitrogen and oxygen atoms in total. The molecule has 148 valence electrons. The summed E-state index contributed by atoms with van der Waals surface area (Å²) < 4.78 is 0. The SMILES string of the molecule is CCN1Cc2ccccc2NC2(CCN(Cc3ccccc3Cl)CC2)CC1=O. The molecule has 2 aromatic rings. The first kappa shape index (κ1) is 19.3. The Morgan fingerprint density at radius 2 is 1.79 bits per heavy atom. The van der Waals surface area contributed by atoms with Gasteiger partial charge >= 0.3 is 0 Å². The standard InChI is InChI=1S/C23H28ClN3O/c1-2-27-17-19-8-4-6-10-21(19)25-23(15-22(27)28)11-13-26(14-12-23)16-18-7-3-5-9-20(18)24/h3-10,25H,2,11-17H2,1H3. The Labute approximate surface area is 172 Å². The van der Waals surface area contributed by atoms with E-state index in [0.29, 0.717) is 13.0 Å². The van der Waals surface area contributed by atoms with Crippen LogP contribution >= 0.6 is 11.6 Å². The van der Waals surface area contributed by atoms with Crippen LogP contribution in [0.5, 0.6) is 0 Å². The first-order chi connectivity index (χ1) is 13.6. The van der Waals surface area contributed by atoms with Crippen molar-refractivity contribution in [2.45, 2.75) is 44.8 Å².